The standard InChI is InChI=1S/C13H20O5/c1-3-17-11(14)13(12(15)18-4-2)5-9-7-16-8-10(9)6-13/h9-10H,3-8H2,1-2H3/t9-,10+. The van der Waals surface area contributed by atoms with Crippen molar-refractivity contribution in [3.05, 3.63) is 0 Å². The molecule has 5 nitrogen and oxygen atoms in total. The fourth-order valence-corrected chi connectivity index (χ4v) is 3.03. The molecule has 0 radical (unpaired) electrons. The van der Waals surface area contributed by atoms with Crippen molar-refractivity contribution in [1.29, 1.82) is 0 Å². The van der Waals surface area contributed by atoms with Crippen LogP contribution in [0.4, 0.5) is 0 Å². The maximum absolute atomic E-state index is 12.2. The predicted octanol–water partition coefficient (Wildman–Crippen LogP) is 1.16. The summed E-state index contributed by atoms with van der Waals surface area (Å²) >= 11 is 0. The second-order valence-corrected chi connectivity index (χ2v) is 4.99. The van der Waals surface area contributed by atoms with Gasteiger partial charge < -0.3 is 14.2 Å². The first kappa shape index (κ1) is 13.3. The van der Waals surface area contributed by atoms with Crippen LogP contribution in [0.15, 0.2) is 0 Å². The Labute approximate surface area is 107 Å². The van der Waals surface area contributed by atoms with E-state index < -0.39 is 17.4 Å². The highest BCUT2D eigenvalue weighted by atomic mass is 16.6. The van der Waals surface area contributed by atoms with E-state index in [0.717, 1.165) is 0 Å². The summed E-state index contributed by atoms with van der Waals surface area (Å²) < 4.78 is 15.5. The molecule has 1 aliphatic heterocycles. The van der Waals surface area contributed by atoms with Crippen LogP contribution in [0, 0.1) is 17.3 Å². The van der Waals surface area contributed by atoms with Crippen molar-refractivity contribution in [2.75, 3.05) is 26.4 Å². The van der Waals surface area contributed by atoms with Crippen LogP contribution in [0.3, 0.4) is 0 Å². The van der Waals surface area contributed by atoms with Crippen LogP contribution in [-0.4, -0.2) is 38.4 Å². The number of hydrogen-bond donors (Lipinski definition) is 0. The highest BCUT2D eigenvalue weighted by Crippen LogP contribution is 2.49. The highest BCUT2D eigenvalue weighted by Gasteiger charge is 2.58. The van der Waals surface area contributed by atoms with Gasteiger partial charge in [-0.15, -0.1) is 0 Å². The van der Waals surface area contributed by atoms with Gasteiger partial charge in [0.25, 0.3) is 0 Å². The normalized spacial score (nSPS) is 28.8. The van der Waals surface area contributed by atoms with Gasteiger partial charge in [-0.3, -0.25) is 9.59 Å². The minimum absolute atomic E-state index is 0.277. The molecule has 0 amide bonds. The molecular weight excluding hydrogens is 236 g/mol. The summed E-state index contributed by atoms with van der Waals surface area (Å²) in [5.41, 5.74) is -1.09. The summed E-state index contributed by atoms with van der Waals surface area (Å²) in [6, 6.07) is 0. The second kappa shape index (κ2) is 5.26. The lowest BCUT2D eigenvalue weighted by Gasteiger charge is -2.25. The Morgan fingerprint density at radius 3 is 1.89 bits per heavy atom. The van der Waals surface area contributed by atoms with Gasteiger partial charge in [0, 0.05) is 13.2 Å². The molecule has 18 heavy (non-hydrogen) atoms. The van der Waals surface area contributed by atoms with Gasteiger partial charge in [0.1, 0.15) is 0 Å². The number of rotatable bonds is 4. The number of esters is 2. The number of carbonyl (C=O) groups is 2. The first-order valence-corrected chi connectivity index (χ1v) is 6.56. The van der Waals surface area contributed by atoms with Gasteiger partial charge in [0.05, 0.1) is 13.2 Å². The van der Waals surface area contributed by atoms with E-state index in [2.05, 4.69) is 0 Å². The second-order valence-electron chi connectivity index (χ2n) is 4.99. The molecule has 0 aromatic carbocycles. The highest BCUT2D eigenvalue weighted by molar-refractivity contribution is 6.00. The summed E-state index contributed by atoms with van der Waals surface area (Å²) in [5, 5.41) is 0. The van der Waals surface area contributed by atoms with Crippen LogP contribution in [0.1, 0.15) is 26.7 Å². The van der Waals surface area contributed by atoms with Crippen LogP contribution in [0.25, 0.3) is 0 Å². The van der Waals surface area contributed by atoms with Crippen LogP contribution >= 0.6 is 0 Å². The average molecular weight is 256 g/mol. The van der Waals surface area contributed by atoms with E-state index >= 15 is 0 Å². The van der Waals surface area contributed by atoms with Crippen LogP contribution in [-0.2, 0) is 23.8 Å². The summed E-state index contributed by atoms with van der Waals surface area (Å²) in [5.74, 6) is -0.312. The van der Waals surface area contributed by atoms with Crippen molar-refractivity contribution < 1.29 is 23.8 Å². The lowest BCUT2D eigenvalue weighted by molar-refractivity contribution is -0.172. The predicted molar refractivity (Wildman–Crippen MR) is 62.7 cm³/mol. The Morgan fingerprint density at radius 1 is 1.06 bits per heavy atom. The molecule has 1 saturated carbocycles. The third kappa shape index (κ3) is 2.11. The first-order valence-electron chi connectivity index (χ1n) is 6.56. The molecule has 2 aliphatic rings. The molecule has 1 saturated heterocycles. The summed E-state index contributed by atoms with van der Waals surface area (Å²) in [6.07, 6.45) is 0.991. The molecule has 0 spiro atoms. The first-order chi connectivity index (χ1) is 8.64. The van der Waals surface area contributed by atoms with Crippen molar-refractivity contribution in [3.8, 4) is 0 Å². The van der Waals surface area contributed by atoms with Crippen molar-refractivity contribution in [3.63, 3.8) is 0 Å². The molecule has 1 heterocycles. The van der Waals surface area contributed by atoms with Crippen molar-refractivity contribution in [2.45, 2.75) is 26.7 Å². The zero-order valence-electron chi connectivity index (χ0n) is 10.9. The van der Waals surface area contributed by atoms with Crippen LogP contribution in [0.5, 0.6) is 0 Å². The molecule has 0 bridgehead atoms. The van der Waals surface area contributed by atoms with Gasteiger partial charge in [-0.1, -0.05) is 0 Å². The molecule has 0 unspecified atom stereocenters. The smallest absolute Gasteiger partial charge is 0.323 e. The Hall–Kier alpha value is -1.10. The fourth-order valence-electron chi connectivity index (χ4n) is 3.03. The molecule has 1 aliphatic carbocycles. The Kier molecular flexibility index (Phi) is 3.90. The lowest BCUT2D eigenvalue weighted by atomic mass is 9.84. The largest absolute Gasteiger partial charge is 0.465 e. The molecular formula is C13H20O5. The van der Waals surface area contributed by atoms with Crippen LogP contribution < -0.4 is 0 Å². The quantitative estimate of drug-likeness (QED) is 0.558. The van der Waals surface area contributed by atoms with Gasteiger partial charge in [-0.2, -0.15) is 0 Å². The van der Waals surface area contributed by atoms with E-state index in [9.17, 15) is 9.59 Å². The number of carbonyl (C=O) groups excluding carboxylic acids is 2. The van der Waals surface area contributed by atoms with Gasteiger partial charge in [0.2, 0.25) is 0 Å². The molecule has 102 valence electrons. The Bertz CT molecular complexity index is 306. The third-order valence-electron chi connectivity index (χ3n) is 3.88. The van der Waals surface area contributed by atoms with Gasteiger partial charge in [-0.25, -0.2) is 0 Å². The van der Waals surface area contributed by atoms with E-state index in [-0.39, 0.29) is 25.0 Å². The van der Waals surface area contributed by atoms with Crippen molar-refractivity contribution >= 4 is 11.9 Å². The Morgan fingerprint density at radius 2 is 1.50 bits per heavy atom. The van der Waals surface area contributed by atoms with Gasteiger partial charge >= 0.3 is 11.9 Å². The molecule has 5 heteroatoms. The maximum Gasteiger partial charge on any atom is 0.323 e. The van der Waals surface area contributed by atoms with Crippen molar-refractivity contribution in [1.82, 2.24) is 0 Å². The molecule has 2 rings (SSSR count). The zero-order valence-corrected chi connectivity index (χ0v) is 10.9. The van der Waals surface area contributed by atoms with Gasteiger partial charge in [-0.05, 0) is 38.5 Å². The van der Waals surface area contributed by atoms with E-state index in [0.29, 0.717) is 26.1 Å². The topological polar surface area (TPSA) is 61.8 Å². The Balaban J connectivity index is 2.18. The summed E-state index contributed by atoms with van der Waals surface area (Å²) in [6.45, 7) is 5.32. The van der Waals surface area contributed by atoms with E-state index in [1.165, 1.54) is 0 Å². The number of fused-ring (bicyclic) bond motifs is 1. The number of ether oxygens (including phenoxy) is 3. The monoisotopic (exact) mass is 256 g/mol. The summed E-state index contributed by atoms with van der Waals surface area (Å²) in [7, 11) is 0. The molecule has 2 fully saturated rings. The van der Waals surface area contributed by atoms with E-state index in [1.807, 2.05) is 0 Å². The zero-order chi connectivity index (χ0) is 13.2. The average Bonchev–Trinajstić information content (AvgIpc) is 2.87. The van der Waals surface area contributed by atoms with E-state index in [1.54, 1.807) is 13.8 Å². The lowest BCUT2D eigenvalue weighted by Crippen LogP contribution is -2.40. The minimum Gasteiger partial charge on any atom is -0.465 e. The van der Waals surface area contributed by atoms with Crippen molar-refractivity contribution in [2.24, 2.45) is 17.3 Å². The minimum atomic E-state index is -1.09. The van der Waals surface area contributed by atoms with E-state index in [4.69, 9.17) is 14.2 Å². The van der Waals surface area contributed by atoms with Crippen LogP contribution in [0.2, 0.25) is 0 Å². The molecule has 0 N–H and O–H groups in total. The van der Waals surface area contributed by atoms with Gasteiger partial charge in [0.15, 0.2) is 5.41 Å². The molecule has 0 aromatic heterocycles. The maximum atomic E-state index is 12.2. The fraction of sp³-hybridized carbons (Fsp3) is 0.846. The SMILES string of the molecule is CCOC(=O)C1(C(=O)OCC)C[C@H]2COC[C@H]2C1. The number of hydrogen-bond acceptors (Lipinski definition) is 5. The third-order valence-corrected chi connectivity index (χ3v) is 3.88. The molecule has 2 atom stereocenters. The molecule has 0 aromatic rings. The summed E-state index contributed by atoms with van der Waals surface area (Å²) in [4.78, 5) is 24.3.